The fraction of sp³-hybridized carbons (Fsp3) is 0.200. The number of nitrogens with zero attached hydrogens (tertiary/aromatic N) is 2. The Kier molecular flexibility index (Phi) is 5.77. The number of aryl methyl sites for hydroxylation is 1. The molecule has 0 bridgehead atoms. The van der Waals surface area contributed by atoms with Gasteiger partial charge in [-0.15, -0.1) is 0 Å². The number of halogens is 1. The molecule has 0 spiro atoms. The van der Waals surface area contributed by atoms with Crippen LogP contribution in [0.25, 0.3) is 6.08 Å². The number of hydrogen-bond donors (Lipinski definition) is 1. The predicted molar refractivity (Wildman–Crippen MR) is 111 cm³/mol. The molecule has 1 saturated heterocycles. The van der Waals surface area contributed by atoms with E-state index in [9.17, 15) is 9.90 Å². The maximum absolute atomic E-state index is 12.6. The molecule has 0 aromatic heterocycles. The van der Waals surface area contributed by atoms with E-state index in [1.54, 1.807) is 25.3 Å². The summed E-state index contributed by atoms with van der Waals surface area (Å²) in [6.45, 7) is 4.22. The van der Waals surface area contributed by atoms with Gasteiger partial charge >= 0.3 is 0 Å². The monoisotopic (exact) mass is 402 g/mol. The Hall–Kier alpha value is -2.44. The average Bonchev–Trinajstić information content (AvgIpc) is 2.89. The van der Waals surface area contributed by atoms with Crippen molar-refractivity contribution < 1.29 is 14.6 Å². The number of carbonyl (C=O) groups excluding carboxylic acids is 1. The molecule has 5 nitrogen and oxygen atoms in total. The highest BCUT2D eigenvalue weighted by Crippen LogP contribution is 2.38. The van der Waals surface area contributed by atoms with Gasteiger partial charge in [0.15, 0.2) is 16.7 Å². The Morgan fingerprint density at radius 3 is 2.67 bits per heavy atom. The van der Waals surface area contributed by atoms with Gasteiger partial charge in [-0.05, 0) is 61.5 Å². The lowest BCUT2D eigenvalue weighted by Gasteiger charge is -2.08. The summed E-state index contributed by atoms with van der Waals surface area (Å²) in [5.41, 5.74) is 2.61. The predicted octanol–water partition coefficient (Wildman–Crippen LogP) is 4.99. The normalized spacial score (nSPS) is 17.2. The molecule has 1 amide bonds. The zero-order chi connectivity index (χ0) is 19.6. The molecule has 2 aromatic rings. The molecule has 7 heteroatoms. The number of aromatic hydroxyl groups is 1. The minimum atomic E-state index is -0.145. The SMILES string of the molecule is CCOc1cc(/C=C2/SC(=Nc3ccc(C)cc3)N(C)C2=O)cc(Cl)c1O. The van der Waals surface area contributed by atoms with Gasteiger partial charge in [0.1, 0.15) is 0 Å². The molecule has 27 heavy (non-hydrogen) atoms. The van der Waals surface area contributed by atoms with Crippen LogP contribution in [0.2, 0.25) is 5.02 Å². The van der Waals surface area contributed by atoms with E-state index in [1.165, 1.54) is 16.7 Å². The summed E-state index contributed by atoms with van der Waals surface area (Å²) in [5, 5.41) is 10.7. The van der Waals surface area contributed by atoms with E-state index in [-0.39, 0.29) is 22.4 Å². The first-order valence-electron chi connectivity index (χ1n) is 8.37. The first kappa shape index (κ1) is 19.3. The quantitative estimate of drug-likeness (QED) is 0.732. The number of benzene rings is 2. The molecule has 1 aliphatic rings. The van der Waals surface area contributed by atoms with Crippen LogP contribution in [0.15, 0.2) is 46.3 Å². The van der Waals surface area contributed by atoms with E-state index in [4.69, 9.17) is 16.3 Å². The van der Waals surface area contributed by atoms with E-state index < -0.39 is 0 Å². The van der Waals surface area contributed by atoms with Crippen LogP contribution < -0.4 is 4.74 Å². The maximum Gasteiger partial charge on any atom is 0.266 e. The van der Waals surface area contributed by atoms with Gasteiger partial charge in [0.2, 0.25) is 0 Å². The van der Waals surface area contributed by atoms with Gasteiger partial charge < -0.3 is 9.84 Å². The zero-order valence-electron chi connectivity index (χ0n) is 15.2. The van der Waals surface area contributed by atoms with Crippen molar-refractivity contribution in [3.05, 3.63) is 57.5 Å². The highest BCUT2D eigenvalue weighted by atomic mass is 35.5. The van der Waals surface area contributed by atoms with Gasteiger partial charge in [0.05, 0.1) is 22.2 Å². The number of ether oxygens (including phenoxy) is 1. The third-order valence-electron chi connectivity index (χ3n) is 3.91. The van der Waals surface area contributed by atoms with Crippen molar-refractivity contribution in [3.8, 4) is 11.5 Å². The Morgan fingerprint density at radius 2 is 2.00 bits per heavy atom. The van der Waals surface area contributed by atoms with Crippen LogP contribution in [0, 0.1) is 6.92 Å². The van der Waals surface area contributed by atoms with E-state index in [0.29, 0.717) is 22.2 Å². The summed E-state index contributed by atoms with van der Waals surface area (Å²) in [6.07, 6.45) is 1.72. The summed E-state index contributed by atoms with van der Waals surface area (Å²) in [5.74, 6) is 0.0343. The number of rotatable bonds is 4. The van der Waals surface area contributed by atoms with Crippen LogP contribution in [0.4, 0.5) is 5.69 Å². The van der Waals surface area contributed by atoms with E-state index in [0.717, 1.165) is 11.3 Å². The molecule has 1 aliphatic heterocycles. The van der Waals surface area contributed by atoms with Gasteiger partial charge in [0, 0.05) is 7.05 Å². The van der Waals surface area contributed by atoms with Crippen LogP contribution in [0.1, 0.15) is 18.1 Å². The van der Waals surface area contributed by atoms with Crippen LogP contribution in [0.3, 0.4) is 0 Å². The highest BCUT2D eigenvalue weighted by Gasteiger charge is 2.30. The standard InChI is InChI=1S/C20H19ClN2O3S/c1-4-26-16-10-13(9-15(21)18(16)24)11-17-19(25)23(3)20(27-17)22-14-7-5-12(2)6-8-14/h5-11,24H,4H2,1-3H3/b17-11+,22-20?. The first-order chi connectivity index (χ1) is 12.9. The van der Waals surface area contributed by atoms with Gasteiger partial charge in [-0.25, -0.2) is 4.99 Å². The second-order valence-electron chi connectivity index (χ2n) is 5.99. The minimum Gasteiger partial charge on any atom is -0.503 e. The number of amides is 1. The second-order valence-corrected chi connectivity index (χ2v) is 7.40. The molecule has 2 aromatic carbocycles. The molecule has 140 valence electrons. The van der Waals surface area contributed by atoms with Crippen LogP contribution in [0.5, 0.6) is 11.5 Å². The fourth-order valence-electron chi connectivity index (χ4n) is 2.48. The van der Waals surface area contributed by atoms with Crippen molar-refractivity contribution in [1.29, 1.82) is 0 Å². The Labute approximate surface area is 167 Å². The number of amidine groups is 1. The van der Waals surface area contributed by atoms with Crippen LogP contribution >= 0.6 is 23.4 Å². The van der Waals surface area contributed by atoms with Gasteiger partial charge in [-0.1, -0.05) is 29.3 Å². The third-order valence-corrected chi connectivity index (χ3v) is 5.26. The van der Waals surface area contributed by atoms with Gasteiger partial charge in [-0.3, -0.25) is 9.69 Å². The number of hydrogen-bond acceptors (Lipinski definition) is 5. The highest BCUT2D eigenvalue weighted by molar-refractivity contribution is 8.18. The number of likely N-dealkylation sites (N-methyl/N-ethyl adjacent to an activating group) is 1. The van der Waals surface area contributed by atoms with Gasteiger partial charge in [-0.2, -0.15) is 0 Å². The van der Waals surface area contributed by atoms with Crippen molar-refractivity contribution in [2.45, 2.75) is 13.8 Å². The smallest absolute Gasteiger partial charge is 0.266 e. The summed E-state index contributed by atoms with van der Waals surface area (Å²) in [4.78, 5) is 19.2. The molecule has 0 unspecified atom stereocenters. The molecule has 0 saturated carbocycles. The summed E-state index contributed by atoms with van der Waals surface area (Å²) in [7, 11) is 1.69. The van der Waals surface area contributed by atoms with E-state index >= 15 is 0 Å². The van der Waals surface area contributed by atoms with E-state index in [1.807, 2.05) is 38.1 Å². The molecule has 3 rings (SSSR count). The fourth-order valence-corrected chi connectivity index (χ4v) is 3.68. The zero-order valence-corrected chi connectivity index (χ0v) is 16.8. The van der Waals surface area contributed by atoms with Crippen molar-refractivity contribution >= 4 is 46.2 Å². The van der Waals surface area contributed by atoms with Crippen LogP contribution in [-0.2, 0) is 4.79 Å². The lowest BCUT2D eigenvalue weighted by Crippen LogP contribution is -2.23. The molecular formula is C20H19ClN2O3S. The average molecular weight is 403 g/mol. The third kappa shape index (κ3) is 4.28. The van der Waals surface area contributed by atoms with E-state index in [2.05, 4.69) is 4.99 Å². The minimum absolute atomic E-state index is 0.107. The molecule has 1 fully saturated rings. The number of aliphatic imine (C=N–C) groups is 1. The Morgan fingerprint density at radius 1 is 1.30 bits per heavy atom. The van der Waals surface area contributed by atoms with Crippen molar-refractivity contribution in [2.24, 2.45) is 4.99 Å². The summed E-state index contributed by atoms with van der Waals surface area (Å²) in [6, 6.07) is 11.0. The number of phenolic OH excluding ortho intramolecular Hbond substituents is 1. The number of thioether (sulfide) groups is 1. The first-order valence-corrected chi connectivity index (χ1v) is 9.56. The summed E-state index contributed by atoms with van der Waals surface area (Å²) < 4.78 is 5.39. The lowest BCUT2D eigenvalue weighted by atomic mass is 10.2. The van der Waals surface area contributed by atoms with Crippen molar-refractivity contribution in [2.75, 3.05) is 13.7 Å². The van der Waals surface area contributed by atoms with Crippen molar-refractivity contribution in [1.82, 2.24) is 4.90 Å². The van der Waals surface area contributed by atoms with Gasteiger partial charge in [0.25, 0.3) is 5.91 Å². The molecule has 1 heterocycles. The molecule has 0 radical (unpaired) electrons. The second kappa shape index (κ2) is 8.06. The number of carbonyl (C=O) groups is 1. The molecular weight excluding hydrogens is 384 g/mol. The summed E-state index contributed by atoms with van der Waals surface area (Å²) >= 11 is 7.36. The largest absolute Gasteiger partial charge is 0.503 e. The number of phenols is 1. The Bertz CT molecular complexity index is 939. The Balaban J connectivity index is 1.91. The topological polar surface area (TPSA) is 62.1 Å². The lowest BCUT2D eigenvalue weighted by molar-refractivity contribution is -0.121. The molecule has 0 atom stereocenters. The molecule has 0 aliphatic carbocycles. The van der Waals surface area contributed by atoms with Crippen LogP contribution in [-0.4, -0.2) is 34.7 Å². The molecule has 1 N–H and O–H groups in total. The van der Waals surface area contributed by atoms with Crippen molar-refractivity contribution in [3.63, 3.8) is 0 Å². The maximum atomic E-state index is 12.6.